The van der Waals surface area contributed by atoms with E-state index in [9.17, 15) is 24.6 Å². The molecule has 6 nitrogen and oxygen atoms in total. The molecule has 0 bridgehead atoms. The van der Waals surface area contributed by atoms with E-state index in [1.54, 1.807) is 12.1 Å². The van der Waals surface area contributed by atoms with Crippen LogP contribution in [0.1, 0.15) is 42.2 Å². The number of fused-ring (bicyclic) bond motifs is 2. The molecule has 0 spiro atoms. The summed E-state index contributed by atoms with van der Waals surface area (Å²) in [4.78, 5) is 36.1. The summed E-state index contributed by atoms with van der Waals surface area (Å²) in [5.41, 5.74) is -1.19. The third-order valence-electron chi connectivity index (χ3n) is 3.38. The number of hydrogen-bond acceptors (Lipinski definition) is 5. The van der Waals surface area contributed by atoms with Crippen LogP contribution in [0.4, 0.5) is 0 Å². The summed E-state index contributed by atoms with van der Waals surface area (Å²) in [7, 11) is 0. The van der Waals surface area contributed by atoms with Gasteiger partial charge in [0.2, 0.25) is 0 Å². The molecule has 0 unspecified atom stereocenters. The molecule has 0 amide bonds. The average molecular weight is 284 g/mol. The maximum atomic E-state index is 12.4. The van der Waals surface area contributed by atoms with E-state index in [1.807, 2.05) is 0 Å². The second-order valence-electron chi connectivity index (χ2n) is 4.55. The molecule has 3 rings (SSSR count). The minimum Gasteiger partial charge on any atom is -0.504 e. The fourth-order valence-corrected chi connectivity index (χ4v) is 2.44. The first kappa shape index (κ1) is 12.9. The molecule has 6 heteroatoms. The van der Waals surface area contributed by atoms with Gasteiger partial charge >= 0.3 is 5.97 Å². The Morgan fingerprint density at radius 3 is 2.05 bits per heavy atom. The van der Waals surface area contributed by atoms with Crippen molar-refractivity contribution < 1.29 is 29.7 Å². The van der Waals surface area contributed by atoms with E-state index in [2.05, 4.69) is 0 Å². The second kappa shape index (κ2) is 4.17. The molecule has 3 N–H and O–H groups in total. The number of rotatable bonds is 1. The lowest BCUT2D eigenvalue weighted by atomic mass is 9.81. The van der Waals surface area contributed by atoms with Gasteiger partial charge in [-0.1, -0.05) is 24.3 Å². The fraction of sp³-hybridized carbons (Fsp3) is 0. The zero-order valence-electron chi connectivity index (χ0n) is 10.5. The molecule has 0 fully saturated rings. The number of benzene rings is 2. The number of aromatic carboxylic acids is 1. The monoisotopic (exact) mass is 284 g/mol. The predicted octanol–water partition coefficient (Wildman–Crippen LogP) is 1.57. The van der Waals surface area contributed by atoms with E-state index in [1.165, 1.54) is 12.1 Å². The zero-order valence-corrected chi connectivity index (χ0v) is 10.5. The zero-order chi connectivity index (χ0) is 15.3. The molecular formula is C15H8O6. The molecular weight excluding hydrogens is 276 g/mol. The first-order valence-corrected chi connectivity index (χ1v) is 5.94. The van der Waals surface area contributed by atoms with Gasteiger partial charge in [0.15, 0.2) is 23.1 Å². The van der Waals surface area contributed by atoms with Gasteiger partial charge in [-0.25, -0.2) is 4.79 Å². The number of carbonyl (C=O) groups excluding carboxylic acids is 2. The summed E-state index contributed by atoms with van der Waals surface area (Å²) in [6, 6.07) is 6.90. The number of carboxylic acids is 1. The van der Waals surface area contributed by atoms with Crippen LogP contribution in [0.2, 0.25) is 0 Å². The van der Waals surface area contributed by atoms with Gasteiger partial charge in [0.05, 0.1) is 5.56 Å². The van der Waals surface area contributed by atoms with Crippen LogP contribution in [-0.2, 0) is 0 Å². The van der Waals surface area contributed by atoms with Gasteiger partial charge < -0.3 is 15.3 Å². The van der Waals surface area contributed by atoms with Crippen molar-refractivity contribution in [3.8, 4) is 11.5 Å². The Hall–Kier alpha value is -3.15. The topological polar surface area (TPSA) is 112 Å². The lowest BCUT2D eigenvalue weighted by Gasteiger charge is -2.19. The van der Waals surface area contributed by atoms with Crippen LogP contribution in [0.3, 0.4) is 0 Å². The summed E-state index contributed by atoms with van der Waals surface area (Å²) in [6.07, 6.45) is 0. The number of carboxylic acid groups (broad SMARTS) is 1. The third kappa shape index (κ3) is 1.62. The molecule has 104 valence electrons. The van der Waals surface area contributed by atoms with E-state index in [0.29, 0.717) is 0 Å². The minimum absolute atomic E-state index is 0.0718. The van der Waals surface area contributed by atoms with Gasteiger partial charge in [-0.3, -0.25) is 9.59 Å². The van der Waals surface area contributed by atoms with E-state index >= 15 is 0 Å². The Bertz CT molecular complexity index is 834. The number of aromatic hydroxyl groups is 2. The van der Waals surface area contributed by atoms with E-state index in [4.69, 9.17) is 5.11 Å². The summed E-state index contributed by atoms with van der Waals surface area (Å²) in [5, 5.41) is 28.4. The molecule has 0 atom stereocenters. The highest BCUT2D eigenvalue weighted by atomic mass is 16.4. The molecule has 2 aromatic carbocycles. The number of hydrogen-bond donors (Lipinski definition) is 3. The lowest BCUT2D eigenvalue weighted by molar-refractivity contribution is 0.0688. The van der Waals surface area contributed by atoms with Gasteiger partial charge in [-0.05, 0) is 6.07 Å². The third-order valence-corrected chi connectivity index (χ3v) is 3.38. The quantitative estimate of drug-likeness (QED) is 0.585. The van der Waals surface area contributed by atoms with Crippen molar-refractivity contribution in [3.63, 3.8) is 0 Å². The van der Waals surface area contributed by atoms with Crippen molar-refractivity contribution in [2.24, 2.45) is 0 Å². The lowest BCUT2D eigenvalue weighted by Crippen LogP contribution is -2.24. The van der Waals surface area contributed by atoms with E-state index < -0.39 is 40.2 Å². The Balaban J connectivity index is 2.43. The van der Waals surface area contributed by atoms with Crippen LogP contribution in [0.25, 0.3) is 0 Å². The molecule has 0 saturated heterocycles. The Morgan fingerprint density at radius 2 is 1.48 bits per heavy atom. The van der Waals surface area contributed by atoms with Crippen LogP contribution in [-0.4, -0.2) is 32.9 Å². The van der Waals surface area contributed by atoms with Gasteiger partial charge in [0.1, 0.15) is 5.56 Å². The van der Waals surface area contributed by atoms with Crippen molar-refractivity contribution in [1.82, 2.24) is 0 Å². The molecule has 1 aliphatic carbocycles. The van der Waals surface area contributed by atoms with Crippen molar-refractivity contribution in [2.45, 2.75) is 0 Å². The van der Waals surface area contributed by atoms with Crippen LogP contribution in [0, 0.1) is 0 Å². The highest BCUT2D eigenvalue weighted by Crippen LogP contribution is 2.39. The standard InChI is InChI=1S/C15H8O6/c16-9-5-8-10(11(14(9)19)15(20)21)13(18)7-4-2-1-3-6(7)12(8)17/h1-5,16,19H,(H,20,21). The molecule has 0 heterocycles. The van der Waals surface area contributed by atoms with Crippen LogP contribution >= 0.6 is 0 Å². The highest BCUT2D eigenvalue weighted by Gasteiger charge is 2.36. The molecule has 0 saturated carbocycles. The maximum Gasteiger partial charge on any atom is 0.340 e. The van der Waals surface area contributed by atoms with Gasteiger partial charge in [0.25, 0.3) is 0 Å². The van der Waals surface area contributed by atoms with Crippen molar-refractivity contribution in [1.29, 1.82) is 0 Å². The molecule has 0 aromatic heterocycles. The number of phenolic OH excluding ortho intramolecular Hbond substituents is 1. The van der Waals surface area contributed by atoms with Crippen LogP contribution < -0.4 is 0 Å². The van der Waals surface area contributed by atoms with Crippen molar-refractivity contribution >= 4 is 17.5 Å². The van der Waals surface area contributed by atoms with Crippen LogP contribution in [0.5, 0.6) is 11.5 Å². The largest absolute Gasteiger partial charge is 0.504 e. The van der Waals surface area contributed by atoms with Crippen molar-refractivity contribution in [2.75, 3.05) is 0 Å². The van der Waals surface area contributed by atoms with Crippen molar-refractivity contribution in [3.05, 3.63) is 58.1 Å². The molecule has 21 heavy (non-hydrogen) atoms. The van der Waals surface area contributed by atoms with Gasteiger partial charge in [0, 0.05) is 16.7 Å². The summed E-state index contributed by atoms with van der Waals surface area (Å²) in [6.45, 7) is 0. The molecule has 2 aromatic rings. The second-order valence-corrected chi connectivity index (χ2v) is 4.55. The predicted molar refractivity (Wildman–Crippen MR) is 70.0 cm³/mol. The van der Waals surface area contributed by atoms with E-state index in [-0.39, 0.29) is 16.7 Å². The first-order chi connectivity index (χ1) is 9.93. The molecule has 0 radical (unpaired) electrons. The summed E-state index contributed by atoms with van der Waals surface area (Å²) < 4.78 is 0. The smallest absolute Gasteiger partial charge is 0.340 e. The van der Waals surface area contributed by atoms with Crippen LogP contribution in [0.15, 0.2) is 30.3 Å². The number of ketones is 2. The fourth-order valence-electron chi connectivity index (χ4n) is 2.44. The normalized spacial score (nSPS) is 12.8. The Kier molecular flexibility index (Phi) is 2.56. The maximum absolute atomic E-state index is 12.4. The highest BCUT2D eigenvalue weighted by molar-refractivity contribution is 6.31. The van der Waals surface area contributed by atoms with Gasteiger partial charge in [-0.2, -0.15) is 0 Å². The summed E-state index contributed by atoms with van der Waals surface area (Å²) >= 11 is 0. The SMILES string of the molecule is O=C1c2ccccc2C(=O)c2c1cc(O)c(O)c2C(=O)O. The summed E-state index contributed by atoms with van der Waals surface area (Å²) in [5.74, 6) is -4.53. The van der Waals surface area contributed by atoms with Gasteiger partial charge in [-0.15, -0.1) is 0 Å². The minimum atomic E-state index is -1.60. The average Bonchev–Trinajstić information content (AvgIpc) is 2.46. The Morgan fingerprint density at radius 1 is 0.905 bits per heavy atom. The first-order valence-electron chi connectivity index (χ1n) is 5.94. The molecule has 1 aliphatic rings. The van der Waals surface area contributed by atoms with E-state index in [0.717, 1.165) is 6.07 Å². The number of phenols is 2. The Labute approximate surface area is 117 Å². The molecule has 0 aliphatic heterocycles. The number of carbonyl (C=O) groups is 3.